The van der Waals surface area contributed by atoms with Crippen LogP contribution >= 0.6 is 0 Å². The van der Waals surface area contributed by atoms with E-state index < -0.39 is 22.1 Å². The molecule has 1 fully saturated rings. The second-order valence-electron chi connectivity index (χ2n) is 6.76. The maximum absolute atomic E-state index is 13.0. The van der Waals surface area contributed by atoms with Gasteiger partial charge in [0.1, 0.15) is 5.75 Å². The zero-order chi connectivity index (χ0) is 18.7. The number of carbonyl (C=O) groups excluding carboxylic acids is 1. The Morgan fingerprint density at radius 2 is 2.23 bits per heavy atom. The summed E-state index contributed by atoms with van der Waals surface area (Å²) in [7, 11) is -1.67. The Morgan fingerprint density at radius 3 is 2.96 bits per heavy atom. The Balaban J connectivity index is 1.76. The number of piperidine rings is 1. The number of sulfonamides is 1. The highest BCUT2D eigenvalue weighted by molar-refractivity contribution is 7.89. The molecular formula is C18H26N2O5S. The third kappa shape index (κ3) is 3.87. The largest absolute Gasteiger partial charge is 0.478 e. The van der Waals surface area contributed by atoms with Crippen molar-refractivity contribution in [1.82, 2.24) is 9.62 Å². The fourth-order valence-corrected chi connectivity index (χ4v) is 5.21. The smallest absolute Gasteiger partial charge is 0.347 e. The Hall–Kier alpha value is -1.64. The number of hydrogen-bond acceptors (Lipinski definition) is 6. The lowest BCUT2D eigenvalue weighted by Crippen LogP contribution is -2.42. The van der Waals surface area contributed by atoms with Gasteiger partial charge in [-0.25, -0.2) is 13.2 Å². The molecule has 0 aliphatic carbocycles. The maximum Gasteiger partial charge on any atom is 0.347 e. The minimum absolute atomic E-state index is 0.259. The third-order valence-corrected chi connectivity index (χ3v) is 6.73. The average Bonchev–Trinajstić information content (AvgIpc) is 3.06. The van der Waals surface area contributed by atoms with Gasteiger partial charge in [0.25, 0.3) is 0 Å². The average molecular weight is 382 g/mol. The van der Waals surface area contributed by atoms with Crippen LogP contribution in [-0.4, -0.2) is 58.1 Å². The summed E-state index contributed by atoms with van der Waals surface area (Å²) in [5, 5.41) is 3.13. The molecule has 1 N–H and O–H groups in total. The van der Waals surface area contributed by atoms with Gasteiger partial charge < -0.3 is 14.8 Å². The molecule has 0 saturated carbocycles. The number of nitrogens with one attached hydrogen (secondary N) is 1. The van der Waals surface area contributed by atoms with Gasteiger partial charge in [-0.2, -0.15) is 4.31 Å². The molecule has 1 aromatic rings. The van der Waals surface area contributed by atoms with Gasteiger partial charge in [-0.15, -0.1) is 0 Å². The van der Waals surface area contributed by atoms with Crippen LogP contribution in [0.5, 0.6) is 5.75 Å². The molecule has 0 amide bonds. The molecule has 2 heterocycles. The van der Waals surface area contributed by atoms with Gasteiger partial charge >= 0.3 is 5.97 Å². The van der Waals surface area contributed by atoms with Crippen LogP contribution in [-0.2, 0) is 26.0 Å². The lowest BCUT2D eigenvalue weighted by molar-refractivity contribution is -0.150. The van der Waals surface area contributed by atoms with Crippen molar-refractivity contribution < 1.29 is 22.7 Å². The van der Waals surface area contributed by atoms with Crippen LogP contribution in [0.4, 0.5) is 0 Å². The van der Waals surface area contributed by atoms with Crippen molar-refractivity contribution in [3.63, 3.8) is 0 Å². The highest BCUT2D eigenvalue weighted by Crippen LogP contribution is 2.33. The van der Waals surface area contributed by atoms with Crippen LogP contribution in [0, 0.1) is 5.92 Å². The normalized spacial score (nSPS) is 23.3. The second-order valence-corrected chi connectivity index (χ2v) is 8.70. The topological polar surface area (TPSA) is 84.9 Å². The summed E-state index contributed by atoms with van der Waals surface area (Å²) in [6, 6.07) is 4.82. The summed E-state index contributed by atoms with van der Waals surface area (Å²) >= 11 is 0. The highest BCUT2D eigenvalue weighted by Gasteiger charge is 2.34. The van der Waals surface area contributed by atoms with Gasteiger partial charge in [-0.05, 0) is 63.0 Å². The Kier molecular flexibility index (Phi) is 5.84. The van der Waals surface area contributed by atoms with Gasteiger partial charge in [0.05, 0.1) is 11.5 Å². The van der Waals surface area contributed by atoms with Crippen LogP contribution in [0.15, 0.2) is 23.1 Å². The Labute approximate surface area is 154 Å². The first kappa shape index (κ1) is 19.1. The van der Waals surface area contributed by atoms with Gasteiger partial charge in [0.15, 0.2) is 6.10 Å². The SMILES string of the molecule is CCOC(=O)C1Cc2cc(S(=O)(=O)N3CCCC(CNC)C3)ccc2O1. The first-order valence-electron chi connectivity index (χ1n) is 9.06. The van der Waals surface area contributed by atoms with E-state index in [9.17, 15) is 13.2 Å². The van der Waals surface area contributed by atoms with E-state index in [0.717, 1.165) is 24.9 Å². The summed E-state index contributed by atoms with van der Waals surface area (Å²) < 4.78 is 38.2. The van der Waals surface area contributed by atoms with Crippen LogP contribution in [0.3, 0.4) is 0 Å². The lowest BCUT2D eigenvalue weighted by Gasteiger charge is -2.31. The predicted octanol–water partition coefficient (Wildman–Crippen LogP) is 1.17. The van der Waals surface area contributed by atoms with Crippen molar-refractivity contribution in [2.75, 3.05) is 33.3 Å². The van der Waals surface area contributed by atoms with E-state index in [4.69, 9.17) is 9.47 Å². The summed E-state index contributed by atoms with van der Waals surface area (Å²) in [5.74, 6) is 0.460. The van der Waals surface area contributed by atoms with E-state index in [-0.39, 0.29) is 11.5 Å². The van der Waals surface area contributed by atoms with Crippen LogP contribution < -0.4 is 10.1 Å². The zero-order valence-corrected chi connectivity index (χ0v) is 16.0. The third-order valence-electron chi connectivity index (χ3n) is 4.87. The first-order chi connectivity index (χ1) is 12.5. The summed E-state index contributed by atoms with van der Waals surface area (Å²) in [6.45, 7) is 3.91. The molecule has 2 atom stereocenters. The second kappa shape index (κ2) is 7.94. The van der Waals surface area contributed by atoms with E-state index in [2.05, 4.69) is 5.32 Å². The van der Waals surface area contributed by atoms with Crippen LogP contribution in [0.2, 0.25) is 0 Å². The lowest BCUT2D eigenvalue weighted by atomic mass is 10.00. The van der Waals surface area contributed by atoms with Crippen LogP contribution in [0.25, 0.3) is 0 Å². The number of benzene rings is 1. The minimum atomic E-state index is -3.55. The molecule has 0 spiro atoms. The molecular weight excluding hydrogens is 356 g/mol. The van der Waals surface area contributed by atoms with Crippen molar-refractivity contribution in [1.29, 1.82) is 0 Å². The molecule has 2 aliphatic heterocycles. The number of rotatable bonds is 6. The predicted molar refractivity (Wildman–Crippen MR) is 96.6 cm³/mol. The van der Waals surface area contributed by atoms with Crippen molar-refractivity contribution >= 4 is 16.0 Å². The monoisotopic (exact) mass is 382 g/mol. The number of ether oxygens (including phenoxy) is 2. The molecule has 2 aliphatic rings. The van der Waals surface area contributed by atoms with Gasteiger partial charge in [0, 0.05) is 19.5 Å². The molecule has 1 aromatic carbocycles. The molecule has 8 heteroatoms. The van der Waals surface area contributed by atoms with Gasteiger partial charge in [-0.1, -0.05) is 0 Å². The van der Waals surface area contributed by atoms with Crippen molar-refractivity contribution in [3.8, 4) is 5.75 Å². The molecule has 0 aromatic heterocycles. The van der Waals surface area contributed by atoms with Crippen molar-refractivity contribution in [3.05, 3.63) is 23.8 Å². The fraction of sp³-hybridized carbons (Fsp3) is 0.611. The first-order valence-corrected chi connectivity index (χ1v) is 10.5. The molecule has 1 saturated heterocycles. The Morgan fingerprint density at radius 1 is 1.42 bits per heavy atom. The maximum atomic E-state index is 13.0. The van der Waals surface area contributed by atoms with Crippen molar-refractivity contribution in [2.45, 2.75) is 37.2 Å². The molecule has 2 unspecified atom stereocenters. The minimum Gasteiger partial charge on any atom is -0.478 e. The zero-order valence-electron chi connectivity index (χ0n) is 15.2. The van der Waals surface area contributed by atoms with E-state index in [0.29, 0.717) is 31.2 Å². The van der Waals surface area contributed by atoms with Crippen LogP contribution in [0.1, 0.15) is 25.3 Å². The highest BCUT2D eigenvalue weighted by atomic mass is 32.2. The fourth-order valence-electron chi connectivity index (χ4n) is 3.60. The van der Waals surface area contributed by atoms with E-state index in [1.165, 1.54) is 0 Å². The molecule has 7 nitrogen and oxygen atoms in total. The molecule has 3 rings (SSSR count). The van der Waals surface area contributed by atoms with Gasteiger partial charge in [0.2, 0.25) is 10.0 Å². The van der Waals surface area contributed by atoms with E-state index in [1.54, 1.807) is 29.4 Å². The standard InChI is InChI=1S/C18H26N2O5S/c1-3-24-18(21)17-10-14-9-15(6-7-16(14)25-17)26(22,23)20-8-4-5-13(12-20)11-19-2/h6-7,9,13,17,19H,3-5,8,10-12H2,1-2H3. The molecule has 0 bridgehead atoms. The quantitative estimate of drug-likeness (QED) is 0.744. The molecule has 144 valence electrons. The molecule has 26 heavy (non-hydrogen) atoms. The molecule has 0 radical (unpaired) electrons. The van der Waals surface area contributed by atoms with E-state index in [1.807, 2.05) is 7.05 Å². The van der Waals surface area contributed by atoms with E-state index >= 15 is 0 Å². The summed E-state index contributed by atoms with van der Waals surface area (Å²) in [5.41, 5.74) is 0.730. The summed E-state index contributed by atoms with van der Waals surface area (Å²) in [4.78, 5) is 12.1. The van der Waals surface area contributed by atoms with Gasteiger partial charge in [-0.3, -0.25) is 0 Å². The number of nitrogens with zero attached hydrogens (tertiary/aromatic N) is 1. The number of carbonyl (C=O) groups is 1. The number of fused-ring (bicyclic) bond motifs is 1. The Bertz CT molecular complexity index is 763. The summed E-state index contributed by atoms with van der Waals surface area (Å²) in [6.07, 6.45) is 1.54. The van der Waals surface area contributed by atoms with Crippen molar-refractivity contribution in [2.24, 2.45) is 5.92 Å². The number of esters is 1. The number of hydrogen-bond donors (Lipinski definition) is 1.